The van der Waals surface area contributed by atoms with Crippen LogP contribution in [-0.4, -0.2) is 33.7 Å². The third-order valence-electron chi connectivity index (χ3n) is 4.57. The molecule has 2 aliphatic heterocycles. The van der Waals surface area contributed by atoms with Gasteiger partial charge in [0, 0.05) is 18.2 Å². The number of alkyl halides is 1. The zero-order valence-electron chi connectivity index (χ0n) is 13.0. The van der Waals surface area contributed by atoms with E-state index in [1.165, 1.54) is 6.07 Å². The Morgan fingerprint density at radius 2 is 2.00 bits per heavy atom. The topological polar surface area (TPSA) is 43.1 Å². The van der Waals surface area contributed by atoms with Gasteiger partial charge >= 0.3 is 0 Å². The van der Waals surface area contributed by atoms with Gasteiger partial charge in [0.25, 0.3) is 0 Å². The van der Waals surface area contributed by atoms with Gasteiger partial charge in [0.1, 0.15) is 23.6 Å². The maximum Gasteiger partial charge on any atom is 0.148 e. The maximum atomic E-state index is 14.8. The van der Waals surface area contributed by atoms with Crippen LogP contribution >= 0.6 is 0 Å². The van der Waals surface area contributed by atoms with Gasteiger partial charge in [0.15, 0.2) is 0 Å². The van der Waals surface area contributed by atoms with Crippen molar-refractivity contribution in [3.8, 4) is 5.69 Å². The average Bonchev–Trinajstić information content (AvgIpc) is 2.91. The number of rotatable bonds is 1. The summed E-state index contributed by atoms with van der Waals surface area (Å²) in [4.78, 5) is 4.04. The predicted octanol–water partition coefficient (Wildman–Crippen LogP) is 3.01. The molecule has 4 rings (SSSR count). The highest BCUT2D eigenvalue weighted by Gasteiger charge is 2.25. The molecule has 1 unspecified atom stereocenters. The molecule has 0 spiro atoms. The number of aliphatic imine (C=N–C) groups is 1. The van der Waals surface area contributed by atoms with Crippen molar-refractivity contribution in [3.05, 3.63) is 46.3 Å². The molecule has 1 aromatic carbocycles. The van der Waals surface area contributed by atoms with E-state index in [0.717, 1.165) is 11.4 Å². The molecule has 4 nitrogen and oxygen atoms in total. The van der Waals surface area contributed by atoms with E-state index in [0.29, 0.717) is 41.1 Å². The van der Waals surface area contributed by atoms with Crippen LogP contribution in [0.2, 0.25) is 0 Å². The lowest BCUT2D eigenvalue weighted by molar-refractivity contribution is 0.390. The summed E-state index contributed by atoms with van der Waals surface area (Å²) < 4.78 is 30.5. The monoisotopic (exact) mass is 314 g/mol. The lowest BCUT2D eigenvalue weighted by atomic mass is 9.92. The lowest BCUT2D eigenvalue weighted by Crippen LogP contribution is -2.17. The second-order valence-corrected chi connectivity index (χ2v) is 6.02. The van der Waals surface area contributed by atoms with Gasteiger partial charge in [-0.05, 0) is 49.1 Å². The number of fused-ring (bicyclic) bond motifs is 3. The summed E-state index contributed by atoms with van der Waals surface area (Å²) in [6, 6.07) is 3.39. The standard InChI is InChI=1S/C17H16F2N4/c1-9-13(7-20-8-15(9)19)12-5-11-3-4-16-22-21-10(2)23(16)17(11)14(18)6-12/h5-7,15H,3-4,8H2,1-2H3. The molecule has 2 aliphatic rings. The molecule has 0 radical (unpaired) electrons. The first-order chi connectivity index (χ1) is 11.1. The lowest BCUT2D eigenvalue weighted by Gasteiger charge is -2.22. The van der Waals surface area contributed by atoms with Crippen molar-refractivity contribution >= 4 is 11.8 Å². The second-order valence-electron chi connectivity index (χ2n) is 6.02. The molecule has 0 saturated heterocycles. The maximum absolute atomic E-state index is 14.8. The Hall–Kier alpha value is -2.37. The first kappa shape index (κ1) is 14.2. The van der Waals surface area contributed by atoms with Gasteiger partial charge in [-0.2, -0.15) is 0 Å². The summed E-state index contributed by atoms with van der Waals surface area (Å²) in [6.45, 7) is 3.70. The summed E-state index contributed by atoms with van der Waals surface area (Å²) in [5.41, 5.74) is 3.37. The van der Waals surface area contributed by atoms with Crippen LogP contribution in [0.1, 0.15) is 29.7 Å². The van der Waals surface area contributed by atoms with Gasteiger partial charge < -0.3 is 0 Å². The normalized spacial score (nSPS) is 19.7. The summed E-state index contributed by atoms with van der Waals surface area (Å²) in [6.07, 6.45) is 1.96. The van der Waals surface area contributed by atoms with E-state index in [4.69, 9.17) is 0 Å². The van der Waals surface area contributed by atoms with Crippen molar-refractivity contribution in [1.82, 2.24) is 14.8 Å². The number of aryl methyl sites for hydroxylation is 3. The third kappa shape index (κ3) is 2.12. The quantitative estimate of drug-likeness (QED) is 0.812. The molecule has 1 atom stereocenters. The number of dihydropyridines is 1. The molecule has 1 aromatic heterocycles. The number of allylic oxidation sites excluding steroid dienone is 1. The fourth-order valence-electron chi connectivity index (χ4n) is 3.30. The summed E-state index contributed by atoms with van der Waals surface area (Å²) in [5, 5.41) is 8.14. The van der Waals surface area contributed by atoms with E-state index in [-0.39, 0.29) is 12.4 Å². The van der Waals surface area contributed by atoms with E-state index < -0.39 is 6.17 Å². The van der Waals surface area contributed by atoms with Gasteiger partial charge in [0.2, 0.25) is 0 Å². The molecule has 23 heavy (non-hydrogen) atoms. The number of halogens is 2. The Labute approximate surface area is 132 Å². The van der Waals surface area contributed by atoms with Gasteiger partial charge in [0.05, 0.1) is 12.2 Å². The van der Waals surface area contributed by atoms with E-state index in [2.05, 4.69) is 15.2 Å². The largest absolute Gasteiger partial charge is 0.289 e. The summed E-state index contributed by atoms with van der Waals surface area (Å²) >= 11 is 0. The molecule has 0 amide bonds. The van der Waals surface area contributed by atoms with Crippen molar-refractivity contribution in [2.75, 3.05) is 6.54 Å². The van der Waals surface area contributed by atoms with Crippen molar-refractivity contribution < 1.29 is 8.78 Å². The fraction of sp³-hybridized carbons (Fsp3) is 0.353. The fourth-order valence-corrected chi connectivity index (χ4v) is 3.30. The Bertz CT molecular complexity index is 864. The smallest absolute Gasteiger partial charge is 0.148 e. The number of aromatic nitrogens is 3. The highest BCUT2D eigenvalue weighted by molar-refractivity contribution is 6.12. The molecular formula is C17H16F2N4. The van der Waals surface area contributed by atoms with Crippen LogP contribution in [-0.2, 0) is 12.8 Å². The Balaban J connectivity index is 1.90. The van der Waals surface area contributed by atoms with Crippen LogP contribution < -0.4 is 0 Å². The molecule has 0 fully saturated rings. The zero-order chi connectivity index (χ0) is 16.1. The average molecular weight is 314 g/mol. The molecule has 0 N–H and O–H groups in total. The molecule has 6 heteroatoms. The van der Waals surface area contributed by atoms with Crippen LogP contribution in [0.25, 0.3) is 11.3 Å². The molecule has 0 aliphatic carbocycles. The van der Waals surface area contributed by atoms with E-state index in [1.807, 2.05) is 13.0 Å². The minimum absolute atomic E-state index is 0.145. The molecule has 3 heterocycles. The molecule has 118 valence electrons. The molecule has 2 aromatic rings. The van der Waals surface area contributed by atoms with E-state index in [9.17, 15) is 8.78 Å². The zero-order valence-corrected chi connectivity index (χ0v) is 13.0. The summed E-state index contributed by atoms with van der Waals surface area (Å²) in [7, 11) is 0. The minimum atomic E-state index is -1.10. The number of hydrogen-bond donors (Lipinski definition) is 0. The number of nitrogens with zero attached hydrogens (tertiary/aromatic N) is 4. The predicted molar refractivity (Wildman–Crippen MR) is 84.3 cm³/mol. The SMILES string of the molecule is CC1=C(c2cc(F)c3c(c2)CCc2nnc(C)n2-3)C=NCC1F. The van der Waals surface area contributed by atoms with Crippen molar-refractivity contribution in [1.29, 1.82) is 0 Å². The number of hydrogen-bond acceptors (Lipinski definition) is 3. The number of benzene rings is 1. The second kappa shape index (κ2) is 5.08. The summed E-state index contributed by atoms with van der Waals surface area (Å²) in [5.74, 6) is 1.11. The van der Waals surface area contributed by atoms with Crippen LogP contribution in [0.15, 0.2) is 22.7 Å². The van der Waals surface area contributed by atoms with Crippen LogP contribution in [0.4, 0.5) is 8.78 Å². The van der Waals surface area contributed by atoms with Gasteiger partial charge in [-0.3, -0.25) is 9.56 Å². The van der Waals surface area contributed by atoms with Gasteiger partial charge in [-0.1, -0.05) is 0 Å². The van der Waals surface area contributed by atoms with Gasteiger partial charge in [-0.15, -0.1) is 10.2 Å². The van der Waals surface area contributed by atoms with Gasteiger partial charge in [-0.25, -0.2) is 8.78 Å². The van der Waals surface area contributed by atoms with E-state index in [1.54, 1.807) is 17.7 Å². The highest BCUT2D eigenvalue weighted by Crippen LogP contribution is 2.32. The first-order valence-electron chi connectivity index (χ1n) is 7.65. The van der Waals surface area contributed by atoms with Crippen molar-refractivity contribution in [2.45, 2.75) is 32.9 Å². The molecule has 0 saturated carbocycles. The van der Waals surface area contributed by atoms with Crippen LogP contribution in [0.5, 0.6) is 0 Å². The Morgan fingerprint density at radius 1 is 1.17 bits per heavy atom. The van der Waals surface area contributed by atoms with Crippen LogP contribution in [0, 0.1) is 12.7 Å². The first-order valence-corrected chi connectivity index (χ1v) is 7.65. The van der Waals surface area contributed by atoms with E-state index >= 15 is 0 Å². The molecular weight excluding hydrogens is 298 g/mol. The molecule has 0 bridgehead atoms. The third-order valence-corrected chi connectivity index (χ3v) is 4.57. The van der Waals surface area contributed by atoms with Crippen molar-refractivity contribution in [2.24, 2.45) is 4.99 Å². The Kier molecular flexibility index (Phi) is 3.14. The Morgan fingerprint density at radius 3 is 2.83 bits per heavy atom. The highest BCUT2D eigenvalue weighted by atomic mass is 19.1. The minimum Gasteiger partial charge on any atom is -0.289 e. The van der Waals surface area contributed by atoms with Crippen LogP contribution in [0.3, 0.4) is 0 Å². The van der Waals surface area contributed by atoms with Crippen molar-refractivity contribution in [3.63, 3.8) is 0 Å².